The number of fused-ring (bicyclic) bond motifs is 1. The maximum Gasteiger partial charge on any atom is 0.268 e. The number of benzene rings is 3. The standard InChI is InChI=1S/C20H17F2NO/c21-20(22)10-11-23-17-12-16-8-4-5-9-18(16)19(13-17)24-14-15-6-2-1-3-7-15/h1-10,12-13,23H,11,14H2. The summed E-state index contributed by atoms with van der Waals surface area (Å²) in [5, 5.41) is 4.96. The van der Waals surface area contributed by atoms with Crippen molar-refractivity contribution in [1.82, 2.24) is 0 Å². The minimum absolute atomic E-state index is 0.0683. The van der Waals surface area contributed by atoms with E-state index in [-0.39, 0.29) is 6.54 Å². The van der Waals surface area contributed by atoms with E-state index >= 15 is 0 Å². The van der Waals surface area contributed by atoms with E-state index in [1.807, 2.05) is 66.7 Å². The van der Waals surface area contributed by atoms with Crippen LogP contribution in [0.2, 0.25) is 0 Å². The second-order valence-corrected chi connectivity index (χ2v) is 5.34. The molecule has 1 N–H and O–H groups in total. The van der Waals surface area contributed by atoms with Gasteiger partial charge in [-0.15, -0.1) is 0 Å². The highest BCUT2D eigenvalue weighted by atomic mass is 19.3. The van der Waals surface area contributed by atoms with E-state index in [2.05, 4.69) is 5.32 Å². The Balaban J connectivity index is 1.85. The Hall–Kier alpha value is -2.88. The van der Waals surface area contributed by atoms with Crippen molar-refractivity contribution in [3.63, 3.8) is 0 Å². The predicted molar refractivity (Wildman–Crippen MR) is 93.5 cm³/mol. The lowest BCUT2D eigenvalue weighted by Gasteiger charge is -2.13. The zero-order valence-corrected chi connectivity index (χ0v) is 13.0. The lowest BCUT2D eigenvalue weighted by molar-refractivity contribution is 0.310. The van der Waals surface area contributed by atoms with Crippen LogP contribution in [-0.2, 0) is 6.61 Å². The predicted octanol–water partition coefficient (Wildman–Crippen LogP) is 5.61. The number of hydrogen-bond acceptors (Lipinski definition) is 2. The Kier molecular flexibility index (Phi) is 5.06. The van der Waals surface area contributed by atoms with Gasteiger partial charge >= 0.3 is 0 Å². The summed E-state index contributed by atoms with van der Waals surface area (Å²) in [6.07, 6.45) is -0.844. The first-order valence-electron chi connectivity index (χ1n) is 7.67. The van der Waals surface area contributed by atoms with Gasteiger partial charge in [0.15, 0.2) is 0 Å². The van der Waals surface area contributed by atoms with Crippen LogP contribution in [0.15, 0.2) is 78.9 Å². The van der Waals surface area contributed by atoms with Crippen LogP contribution in [-0.4, -0.2) is 6.54 Å². The van der Waals surface area contributed by atoms with Crippen molar-refractivity contribution >= 4 is 16.5 Å². The molecule has 0 saturated carbocycles. The van der Waals surface area contributed by atoms with E-state index in [9.17, 15) is 8.78 Å². The summed E-state index contributed by atoms with van der Waals surface area (Å²) >= 11 is 0. The molecule has 3 aromatic carbocycles. The van der Waals surface area contributed by atoms with Gasteiger partial charge in [-0.1, -0.05) is 54.6 Å². The quantitative estimate of drug-likeness (QED) is 0.636. The molecule has 0 aromatic heterocycles. The molecule has 2 nitrogen and oxygen atoms in total. The maximum absolute atomic E-state index is 12.2. The van der Waals surface area contributed by atoms with Crippen LogP contribution in [0.1, 0.15) is 5.56 Å². The minimum Gasteiger partial charge on any atom is -0.488 e. The van der Waals surface area contributed by atoms with Crippen molar-refractivity contribution in [2.75, 3.05) is 11.9 Å². The summed E-state index contributed by atoms with van der Waals surface area (Å²) in [5.41, 5.74) is 1.82. The van der Waals surface area contributed by atoms with Crippen molar-refractivity contribution in [2.24, 2.45) is 0 Å². The molecule has 0 unspecified atom stereocenters. The van der Waals surface area contributed by atoms with Gasteiger partial charge in [0.05, 0.1) is 0 Å². The smallest absolute Gasteiger partial charge is 0.268 e. The summed E-state index contributed by atoms with van der Waals surface area (Å²) in [6.45, 7) is 0.520. The van der Waals surface area contributed by atoms with Gasteiger partial charge in [-0.2, -0.15) is 8.78 Å². The zero-order chi connectivity index (χ0) is 16.8. The minimum atomic E-state index is -1.69. The topological polar surface area (TPSA) is 21.3 Å². The van der Waals surface area contributed by atoms with E-state index in [0.29, 0.717) is 6.61 Å². The van der Waals surface area contributed by atoms with Crippen LogP contribution < -0.4 is 10.1 Å². The van der Waals surface area contributed by atoms with E-state index in [1.165, 1.54) is 0 Å². The average Bonchev–Trinajstić information content (AvgIpc) is 2.60. The fourth-order valence-electron chi connectivity index (χ4n) is 2.48. The summed E-state index contributed by atoms with van der Waals surface area (Å²) in [4.78, 5) is 0. The molecule has 3 aromatic rings. The van der Waals surface area contributed by atoms with Crippen molar-refractivity contribution in [3.05, 3.63) is 84.5 Å². The van der Waals surface area contributed by atoms with Crippen LogP contribution in [0.3, 0.4) is 0 Å². The first-order valence-corrected chi connectivity index (χ1v) is 7.67. The molecule has 0 aliphatic carbocycles. The van der Waals surface area contributed by atoms with E-state index < -0.39 is 6.08 Å². The normalized spacial score (nSPS) is 10.4. The van der Waals surface area contributed by atoms with Crippen LogP contribution in [0.5, 0.6) is 5.75 Å². The number of rotatable bonds is 6. The average molecular weight is 325 g/mol. The molecule has 0 fully saturated rings. The number of hydrogen-bond donors (Lipinski definition) is 1. The molecular weight excluding hydrogens is 308 g/mol. The Bertz CT molecular complexity index is 843. The SMILES string of the molecule is FC(F)=CCNc1cc(OCc2ccccc2)c2ccccc2c1. The second kappa shape index (κ2) is 7.59. The summed E-state index contributed by atoms with van der Waals surface area (Å²) in [7, 11) is 0. The molecule has 3 rings (SSSR count). The molecule has 0 spiro atoms. The summed E-state index contributed by atoms with van der Waals surface area (Å²) < 4.78 is 30.3. The number of ether oxygens (including phenoxy) is 1. The van der Waals surface area contributed by atoms with Gasteiger partial charge in [-0.05, 0) is 17.0 Å². The molecule has 0 atom stereocenters. The monoisotopic (exact) mass is 325 g/mol. The molecule has 0 heterocycles. The lowest BCUT2D eigenvalue weighted by Crippen LogP contribution is -2.01. The third-order valence-corrected chi connectivity index (χ3v) is 3.62. The van der Waals surface area contributed by atoms with Crippen LogP contribution >= 0.6 is 0 Å². The Morgan fingerprint density at radius 2 is 1.71 bits per heavy atom. The molecule has 0 radical (unpaired) electrons. The van der Waals surface area contributed by atoms with Crippen molar-refractivity contribution in [1.29, 1.82) is 0 Å². The van der Waals surface area contributed by atoms with Crippen LogP contribution in [0, 0.1) is 0 Å². The molecule has 4 heteroatoms. The Labute approximate surface area is 139 Å². The van der Waals surface area contributed by atoms with E-state index in [4.69, 9.17) is 4.74 Å². The fourth-order valence-corrected chi connectivity index (χ4v) is 2.48. The maximum atomic E-state index is 12.2. The highest BCUT2D eigenvalue weighted by Crippen LogP contribution is 2.30. The van der Waals surface area contributed by atoms with Gasteiger partial charge < -0.3 is 10.1 Å². The Morgan fingerprint density at radius 3 is 2.50 bits per heavy atom. The third-order valence-electron chi connectivity index (χ3n) is 3.62. The molecule has 0 saturated heterocycles. The largest absolute Gasteiger partial charge is 0.488 e. The molecule has 24 heavy (non-hydrogen) atoms. The Morgan fingerprint density at radius 1 is 0.958 bits per heavy atom. The number of nitrogens with one attached hydrogen (secondary N) is 1. The number of halogens is 2. The number of anilines is 1. The first-order chi connectivity index (χ1) is 11.7. The molecule has 0 bridgehead atoms. The molecule has 0 amide bonds. The van der Waals surface area contributed by atoms with E-state index in [0.717, 1.165) is 33.8 Å². The van der Waals surface area contributed by atoms with Gasteiger partial charge in [0, 0.05) is 29.8 Å². The highest BCUT2D eigenvalue weighted by Gasteiger charge is 2.05. The fraction of sp³-hybridized carbons (Fsp3) is 0.100. The lowest BCUT2D eigenvalue weighted by atomic mass is 10.1. The van der Waals surface area contributed by atoms with Crippen LogP contribution in [0.25, 0.3) is 10.8 Å². The summed E-state index contributed by atoms with van der Waals surface area (Å²) in [6, 6.07) is 21.5. The van der Waals surface area contributed by atoms with Crippen molar-refractivity contribution in [3.8, 4) is 5.75 Å². The van der Waals surface area contributed by atoms with Crippen molar-refractivity contribution in [2.45, 2.75) is 6.61 Å². The van der Waals surface area contributed by atoms with Gasteiger partial charge in [0.1, 0.15) is 12.4 Å². The second-order valence-electron chi connectivity index (χ2n) is 5.34. The van der Waals surface area contributed by atoms with Gasteiger partial charge in [0.25, 0.3) is 6.08 Å². The van der Waals surface area contributed by atoms with Gasteiger partial charge in [0.2, 0.25) is 0 Å². The first kappa shape index (κ1) is 16.0. The van der Waals surface area contributed by atoms with Crippen LogP contribution in [0.4, 0.5) is 14.5 Å². The third kappa shape index (κ3) is 4.10. The molecule has 0 aliphatic rings. The molecule has 0 aliphatic heterocycles. The van der Waals surface area contributed by atoms with E-state index in [1.54, 1.807) is 0 Å². The van der Waals surface area contributed by atoms with Crippen molar-refractivity contribution < 1.29 is 13.5 Å². The van der Waals surface area contributed by atoms with Gasteiger partial charge in [-0.25, -0.2) is 0 Å². The molecular formula is C20H17F2NO. The molecule has 122 valence electrons. The highest BCUT2D eigenvalue weighted by molar-refractivity contribution is 5.91. The van der Waals surface area contributed by atoms with Gasteiger partial charge in [-0.3, -0.25) is 0 Å². The zero-order valence-electron chi connectivity index (χ0n) is 13.0. The summed E-state index contributed by atoms with van der Waals surface area (Å²) in [5.74, 6) is 0.726.